The number of primary amides is 1. The summed E-state index contributed by atoms with van der Waals surface area (Å²) in [4.78, 5) is 24.6. The SMILES string of the molecule is NC(=O)CN1CCC(NC(=O)NC2CCS(=O)(=O)C2)CC1. The van der Waals surface area contributed by atoms with Crippen LogP contribution in [-0.2, 0) is 14.6 Å². The molecule has 0 aliphatic carbocycles. The lowest BCUT2D eigenvalue weighted by Crippen LogP contribution is -2.51. The van der Waals surface area contributed by atoms with Crippen LogP contribution in [-0.4, -0.2) is 68.5 Å². The highest BCUT2D eigenvalue weighted by atomic mass is 32.2. The number of nitrogens with one attached hydrogen (secondary N) is 2. The summed E-state index contributed by atoms with van der Waals surface area (Å²) in [5.41, 5.74) is 5.14. The number of likely N-dealkylation sites (tertiary alicyclic amines) is 1. The summed E-state index contributed by atoms with van der Waals surface area (Å²) < 4.78 is 22.6. The van der Waals surface area contributed by atoms with Crippen LogP contribution in [0, 0.1) is 0 Å². The number of hydrogen-bond acceptors (Lipinski definition) is 5. The molecular weight excluding hydrogens is 296 g/mol. The summed E-state index contributed by atoms with van der Waals surface area (Å²) in [6, 6.07) is -0.553. The lowest BCUT2D eigenvalue weighted by Gasteiger charge is -2.31. The van der Waals surface area contributed by atoms with Crippen molar-refractivity contribution in [1.82, 2.24) is 15.5 Å². The molecule has 0 radical (unpaired) electrons. The van der Waals surface area contributed by atoms with Gasteiger partial charge < -0.3 is 16.4 Å². The zero-order chi connectivity index (χ0) is 15.5. The van der Waals surface area contributed by atoms with Crippen molar-refractivity contribution in [1.29, 1.82) is 0 Å². The number of rotatable bonds is 4. The van der Waals surface area contributed by atoms with Crippen LogP contribution in [0.5, 0.6) is 0 Å². The molecular formula is C12H22N4O4S. The monoisotopic (exact) mass is 318 g/mol. The van der Waals surface area contributed by atoms with E-state index in [-0.39, 0.29) is 42.1 Å². The van der Waals surface area contributed by atoms with Crippen molar-refractivity contribution in [3.63, 3.8) is 0 Å². The Morgan fingerprint density at radius 2 is 1.71 bits per heavy atom. The summed E-state index contributed by atoms with van der Waals surface area (Å²) in [5.74, 6) is -0.178. The minimum atomic E-state index is -2.99. The smallest absolute Gasteiger partial charge is 0.315 e. The molecule has 2 aliphatic rings. The molecule has 3 amide bonds. The van der Waals surface area contributed by atoms with E-state index in [0.29, 0.717) is 19.5 Å². The second-order valence-corrected chi connectivity index (χ2v) is 7.96. The number of nitrogens with zero attached hydrogens (tertiary/aromatic N) is 1. The van der Waals surface area contributed by atoms with Gasteiger partial charge in [-0.05, 0) is 19.3 Å². The van der Waals surface area contributed by atoms with Gasteiger partial charge in [-0.15, -0.1) is 0 Å². The summed E-state index contributed by atoms with van der Waals surface area (Å²) in [6.07, 6.45) is 1.99. The number of amides is 3. The van der Waals surface area contributed by atoms with Crippen LogP contribution in [0.4, 0.5) is 4.79 Å². The van der Waals surface area contributed by atoms with Gasteiger partial charge >= 0.3 is 6.03 Å². The third-order valence-electron chi connectivity index (χ3n) is 3.87. The van der Waals surface area contributed by atoms with Gasteiger partial charge in [-0.25, -0.2) is 13.2 Å². The largest absolute Gasteiger partial charge is 0.369 e. The van der Waals surface area contributed by atoms with Crippen LogP contribution in [0.15, 0.2) is 0 Å². The number of sulfone groups is 1. The molecule has 0 aromatic carbocycles. The minimum absolute atomic E-state index is 0.0253. The third-order valence-corrected chi connectivity index (χ3v) is 5.64. The molecule has 0 aromatic heterocycles. The second-order valence-electron chi connectivity index (χ2n) is 5.73. The van der Waals surface area contributed by atoms with E-state index >= 15 is 0 Å². The Hall–Kier alpha value is -1.35. The molecule has 2 aliphatic heterocycles. The number of carbonyl (C=O) groups is 2. The van der Waals surface area contributed by atoms with E-state index in [1.165, 1.54) is 0 Å². The first-order chi connectivity index (χ1) is 9.84. The molecule has 8 nitrogen and oxygen atoms in total. The predicted molar refractivity (Wildman–Crippen MR) is 77.4 cm³/mol. The van der Waals surface area contributed by atoms with Gasteiger partial charge in [0, 0.05) is 25.2 Å². The molecule has 2 heterocycles. The lowest BCUT2D eigenvalue weighted by atomic mass is 10.1. The zero-order valence-corrected chi connectivity index (χ0v) is 12.7. The Bertz CT molecular complexity index is 499. The highest BCUT2D eigenvalue weighted by Gasteiger charge is 2.29. The van der Waals surface area contributed by atoms with Crippen LogP contribution >= 0.6 is 0 Å². The standard InChI is InChI=1S/C12H22N4O4S/c13-11(17)7-16-4-1-9(2-5-16)14-12(18)15-10-3-6-21(19,20)8-10/h9-10H,1-8H2,(H2,13,17)(H2,14,15,18). The van der Waals surface area contributed by atoms with Crippen molar-refractivity contribution < 1.29 is 18.0 Å². The number of hydrogen-bond donors (Lipinski definition) is 3. The highest BCUT2D eigenvalue weighted by Crippen LogP contribution is 2.12. The summed E-state index contributed by atoms with van der Waals surface area (Å²) in [6.45, 7) is 1.68. The fourth-order valence-corrected chi connectivity index (χ4v) is 4.45. The minimum Gasteiger partial charge on any atom is -0.369 e. The van der Waals surface area contributed by atoms with E-state index in [0.717, 1.165) is 12.8 Å². The van der Waals surface area contributed by atoms with Crippen LogP contribution in [0.2, 0.25) is 0 Å². The van der Waals surface area contributed by atoms with Gasteiger partial charge in [-0.2, -0.15) is 0 Å². The molecule has 1 unspecified atom stereocenters. The zero-order valence-electron chi connectivity index (χ0n) is 11.9. The molecule has 2 rings (SSSR count). The van der Waals surface area contributed by atoms with Gasteiger partial charge in [0.15, 0.2) is 9.84 Å². The maximum absolute atomic E-state index is 11.8. The Balaban J connectivity index is 1.69. The molecule has 2 fully saturated rings. The number of urea groups is 1. The topological polar surface area (TPSA) is 122 Å². The van der Waals surface area contributed by atoms with E-state index in [1.807, 2.05) is 4.90 Å². The van der Waals surface area contributed by atoms with Gasteiger partial charge in [-0.3, -0.25) is 9.69 Å². The Morgan fingerprint density at radius 3 is 2.24 bits per heavy atom. The van der Waals surface area contributed by atoms with E-state index in [4.69, 9.17) is 5.73 Å². The van der Waals surface area contributed by atoms with Crippen LogP contribution in [0.3, 0.4) is 0 Å². The summed E-state index contributed by atoms with van der Waals surface area (Å²) >= 11 is 0. The summed E-state index contributed by atoms with van der Waals surface area (Å²) in [7, 11) is -2.99. The van der Waals surface area contributed by atoms with Crippen LogP contribution in [0.25, 0.3) is 0 Å². The molecule has 9 heteroatoms. The van der Waals surface area contributed by atoms with E-state index in [2.05, 4.69) is 10.6 Å². The molecule has 2 saturated heterocycles. The molecule has 0 saturated carbocycles. The van der Waals surface area contributed by atoms with E-state index in [9.17, 15) is 18.0 Å². The van der Waals surface area contributed by atoms with Crippen molar-refractivity contribution >= 4 is 21.8 Å². The van der Waals surface area contributed by atoms with Crippen LogP contribution in [0.1, 0.15) is 19.3 Å². The number of carbonyl (C=O) groups excluding carboxylic acids is 2. The Morgan fingerprint density at radius 1 is 1.10 bits per heavy atom. The predicted octanol–water partition coefficient (Wildman–Crippen LogP) is -1.58. The molecule has 1 atom stereocenters. The second kappa shape index (κ2) is 6.61. The lowest BCUT2D eigenvalue weighted by molar-refractivity contribution is -0.119. The van der Waals surface area contributed by atoms with Crippen molar-refractivity contribution in [3.05, 3.63) is 0 Å². The van der Waals surface area contributed by atoms with Crippen molar-refractivity contribution in [2.75, 3.05) is 31.1 Å². The number of nitrogens with two attached hydrogens (primary N) is 1. The highest BCUT2D eigenvalue weighted by molar-refractivity contribution is 7.91. The van der Waals surface area contributed by atoms with E-state index in [1.54, 1.807) is 0 Å². The average molecular weight is 318 g/mol. The Labute approximate surface area is 124 Å². The normalized spacial score (nSPS) is 26.4. The van der Waals surface area contributed by atoms with Gasteiger partial charge in [0.1, 0.15) is 0 Å². The first kappa shape index (κ1) is 16.0. The third kappa shape index (κ3) is 5.16. The quantitative estimate of drug-likeness (QED) is 0.578. The van der Waals surface area contributed by atoms with Crippen molar-refractivity contribution in [3.8, 4) is 0 Å². The van der Waals surface area contributed by atoms with Gasteiger partial charge in [0.2, 0.25) is 5.91 Å². The van der Waals surface area contributed by atoms with Crippen LogP contribution < -0.4 is 16.4 Å². The molecule has 4 N–H and O–H groups in total. The maximum Gasteiger partial charge on any atom is 0.315 e. The van der Waals surface area contributed by atoms with Crippen molar-refractivity contribution in [2.45, 2.75) is 31.3 Å². The molecule has 0 aromatic rings. The van der Waals surface area contributed by atoms with Gasteiger partial charge in [0.05, 0.1) is 18.1 Å². The molecule has 120 valence electrons. The van der Waals surface area contributed by atoms with Crippen molar-refractivity contribution in [2.24, 2.45) is 5.73 Å². The van der Waals surface area contributed by atoms with E-state index < -0.39 is 9.84 Å². The summed E-state index contributed by atoms with van der Waals surface area (Å²) in [5, 5.41) is 5.57. The van der Waals surface area contributed by atoms with Gasteiger partial charge in [0.25, 0.3) is 0 Å². The fourth-order valence-electron chi connectivity index (χ4n) is 2.78. The average Bonchev–Trinajstić information content (AvgIpc) is 2.70. The first-order valence-corrected chi connectivity index (χ1v) is 8.94. The van der Waals surface area contributed by atoms with Gasteiger partial charge in [-0.1, -0.05) is 0 Å². The maximum atomic E-state index is 11.8. The Kier molecular flexibility index (Phi) is 5.04. The fraction of sp³-hybridized carbons (Fsp3) is 0.833. The number of piperidine rings is 1. The molecule has 0 spiro atoms. The molecule has 21 heavy (non-hydrogen) atoms. The molecule has 0 bridgehead atoms. The first-order valence-electron chi connectivity index (χ1n) is 7.12.